The van der Waals surface area contributed by atoms with E-state index >= 15 is 0 Å². The van der Waals surface area contributed by atoms with Crippen molar-refractivity contribution in [2.75, 3.05) is 46.3 Å². The number of likely N-dealkylation sites (N-methyl/N-ethyl adjacent to an activating group) is 1. The maximum atomic E-state index is 13.0. The second-order valence-corrected chi connectivity index (χ2v) is 8.38. The Morgan fingerprint density at radius 2 is 1.77 bits per heavy atom. The average Bonchev–Trinajstić information content (AvgIpc) is 3.26. The summed E-state index contributed by atoms with van der Waals surface area (Å²) in [6.07, 6.45) is 3.62. The number of piperazine rings is 1. The molecule has 3 aliphatic heterocycles. The van der Waals surface area contributed by atoms with Gasteiger partial charge in [0, 0.05) is 39.3 Å². The number of carbonyl (C=O) groups excluding carboxylic acids is 2. The van der Waals surface area contributed by atoms with Crippen LogP contribution in [0.2, 0.25) is 0 Å². The van der Waals surface area contributed by atoms with Crippen molar-refractivity contribution in [1.82, 2.24) is 14.7 Å². The summed E-state index contributed by atoms with van der Waals surface area (Å²) in [5, 5.41) is 9.60. The van der Waals surface area contributed by atoms with Crippen LogP contribution in [-0.2, 0) is 14.3 Å². The minimum Gasteiger partial charge on any atom is -0.370 e. The highest BCUT2D eigenvalue weighted by atomic mass is 16.5. The van der Waals surface area contributed by atoms with E-state index in [2.05, 4.69) is 18.0 Å². The minimum absolute atomic E-state index is 0.0384. The van der Waals surface area contributed by atoms with Crippen molar-refractivity contribution in [1.29, 1.82) is 5.26 Å². The third-order valence-corrected chi connectivity index (χ3v) is 6.66. The van der Waals surface area contributed by atoms with Gasteiger partial charge in [0.2, 0.25) is 11.8 Å². The third-order valence-electron chi connectivity index (χ3n) is 6.66. The first-order valence-electron chi connectivity index (χ1n) is 9.86. The molecule has 4 rings (SSSR count). The van der Waals surface area contributed by atoms with Gasteiger partial charge >= 0.3 is 0 Å². The van der Waals surface area contributed by atoms with Crippen molar-refractivity contribution in [2.24, 2.45) is 11.3 Å². The number of nitrogens with zero attached hydrogens (tertiary/aromatic N) is 4. The first-order valence-corrected chi connectivity index (χ1v) is 9.86. The Labute approximate surface area is 154 Å². The summed E-state index contributed by atoms with van der Waals surface area (Å²) < 4.78 is 6.02. The number of nitriles is 1. The lowest BCUT2D eigenvalue weighted by Gasteiger charge is -2.37. The number of carbonyl (C=O) groups is 2. The molecular weight excluding hydrogens is 332 g/mol. The molecule has 7 nitrogen and oxygen atoms in total. The fourth-order valence-corrected chi connectivity index (χ4v) is 5.00. The average molecular weight is 360 g/mol. The van der Waals surface area contributed by atoms with Crippen LogP contribution in [0.5, 0.6) is 0 Å². The number of fused-ring (bicyclic) bond motifs is 2. The zero-order valence-electron chi connectivity index (χ0n) is 15.5. The lowest BCUT2D eigenvalue weighted by molar-refractivity contribution is -0.151. The Morgan fingerprint density at radius 3 is 2.42 bits per heavy atom. The third kappa shape index (κ3) is 2.99. The SMILES string of the molecule is CN1CCN(C(=O)C2CC3CN(C(=O)C4(C#N)CCCC4)CC2O3)CC1. The molecule has 7 heteroatoms. The van der Waals surface area contributed by atoms with Crippen molar-refractivity contribution >= 4 is 11.8 Å². The van der Waals surface area contributed by atoms with Crippen LogP contribution in [0.4, 0.5) is 0 Å². The Kier molecular flexibility index (Phi) is 4.66. The van der Waals surface area contributed by atoms with E-state index in [0.29, 0.717) is 32.4 Å². The van der Waals surface area contributed by atoms with Gasteiger partial charge in [0.05, 0.1) is 24.2 Å². The second kappa shape index (κ2) is 6.82. The maximum Gasteiger partial charge on any atom is 0.243 e. The predicted octanol–water partition coefficient (Wildman–Crippen LogP) is 0.460. The van der Waals surface area contributed by atoms with Crippen LogP contribution in [0, 0.1) is 22.7 Å². The van der Waals surface area contributed by atoms with Gasteiger partial charge in [-0.15, -0.1) is 0 Å². The van der Waals surface area contributed by atoms with Crippen LogP contribution in [0.25, 0.3) is 0 Å². The highest BCUT2D eigenvalue weighted by molar-refractivity contribution is 5.86. The van der Waals surface area contributed by atoms with Crippen molar-refractivity contribution in [2.45, 2.75) is 44.3 Å². The van der Waals surface area contributed by atoms with Crippen LogP contribution >= 0.6 is 0 Å². The van der Waals surface area contributed by atoms with Crippen LogP contribution in [0.3, 0.4) is 0 Å². The molecule has 3 atom stereocenters. The van der Waals surface area contributed by atoms with Crippen molar-refractivity contribution in [3.05, 3.63) is 0 Å². The van der Waals surface area contributed by atoms with Crippen LogP contribution in [0.15, 0.2) is 0 Å². The molecule has 0 N–H and O–H groups in total. The van der Waals surface area contributed by atoms with E-state index in [1.807, 2.05) is 9.80 Å². The normalized spacial score (nSPS) is 33.9. The monoisotopic (exact) mass is 360 g/mol. The van der Waals surface area contributed by atoms with Crippen molar-refractivity contribution in [3.8, 4) is 6.07 Å². The quantitative estimate of drug-likeness (QED) is 0.715. The molecule has 1 aliphatic carbocycles. The van der Waals surface area contributed by atoms with Gasteiger partial charge in [-0.1, -0.05) is 12.8 Å². The zero-order chi connectivity index (χ0) is 18.3. The molecule has 0 radical (unpaired) electrons. The summed E-state index contributed by atoms with van der Waals surface area (Å²) in [6, 6.07) is 2.30. The lowest BCUT2D eigenvalue weighted by Crippen LogP contribution is -2.53. The topological polar surface area (TPSA) is 76.9 Å². The first kappa shape index (κ1) is 17.7. The van der Waals surface area contributed by atoms with Gasteiger partial charge < -0.3 is 19.4 Å². The Balaban J connectivity index is 1.42. The number of amides is 2. The molecule has 2 amide bonds. The van der Waals surface area contributed by atoms with E-state index in [4.69, 9.17) is 4.74 Å². The molecule has 0 spiro atoms. The molecule has 3 heterocycles. The number of hydrogen-bond acceptors (Lipinski definition) is 5. The van der Waals surface area contributed by atoms with Gasteiger partial charge in [-0.3, -0.25) is 9.59 Å². The Morgan fingerprint density at radius 1 is 1.08 bits per heavy atom. The molecule has 0 aromatic carbocycles. The minimum atomic E-state index is -0.840. The predicted molar refractivity (Wildman–Crippen MR) is 93.9 cm³/mol. The van der Waals surface area contributed by atoms with Gasteiger partial charge in [0.15, 0.2) is 0 Å². The number of rotatable bonds is 2. The first-order chi connectivity index (χ1) is 12.5. The van der Waals surface area contributed by atoms with Crippen LogP contribution < -0.4 is 0 Å². The standard InChI is InChI=1S/C19H28N4O3/c1-21-6-8-22(9-7-21)17(24)15-10-14-11-23(12-16(15)26-14)18(25)19(13-20)4-2-3-5-19/h14-16H,2-12H2,1H3. The smallest absolute Gasteiger partial charge is 0.243 e. The highest BCUT2D eigenvalue weighted by Gasteiger charge is 2.51. The molecule has 4 fully saturated rings. The molecule has 26 heavy (non-hydrogen) atoms. The number of morpholine rings is 1. The van der Waals surface area contributed by atoms with Crippen molar-refractivity contribution < 1.29 is 14.3 Å². The number of hydrogen-bond donors (Lipinski definition) is 0. The van der Waals surface area contributed by atoms with E-state index in [1.165, 1.54) is 0 Å². The summed E-state index contributed by atoms with van der Waals surface area (Å²) in [7, 11) is 2.07. The van der Waals surface area contributed by atoms with Gasteiger partial charge in [-0.2, -0.15) is 5.26 Å². The highest BCUT2D eigenvalue weighted by Crippen LogP contribution is 2.41. The van der Waals surface area contributed by atoms with Crippen LogP contribution in [-0.4, -0.2) is 85.0 Å². The summed E-state index contributed by atoms with van der Waals surface area (Å²) >= 11 is 0. The molecule has 142 valence electrons. The number of ether oxygens (including phenoxy) is 1. The van der Waals surface area contributed by atoms with E-state index in [1.54, 1.807) is 0 Å². The second-order valence-electron chi connectivity index (χ2n) is 8.38. The van der Waals surface area contributed by atoms with E-state index in [0.717, 1.165) is 39.0 Å². The molecule has 2 bridgehead atoms. The Hall–Kier alpha value is -1.65. The molecule has 3 unspecified atom stereocenters. The zero-order valence-corrected chi connectivity index (χ0v) is 15.5. The fourth-order valence-electron chi connectivity index (χ4n) is 5.00. The summed E-state index contributed by atoms with van der Waals surface area (Å²) in [5.41, 5.74) is -0.840. The maximum absolute atomic E-state index is 13.0. The summed E-state index contributed by atoms with van der Waals surface area (Å²) in [5.74, 6) is -0.0120. The molecule has 0 aromatic rings. The number of likely N-dealkylation sites (tertiary alicyclic amines) is 1. The van der Waals surface area contributed by atoms with E-state index < -0.39 is 5.41 Å². The van der Waals surface area contributed by atoms with Gasteiger partial charge in [0.1, 0.15) is 5.41 Å². The Bertz CT molecular complexity index is 617. The van der Waals surface area contributed by atoms with Crippen molar-refractivity contribution in [3.63, 3.8) is 0 Å². The van der Waals surface area contributed by atoms with Crippen LogP contribution in [0.1, 0.15) is 32.1 Å². The van der Waals surface area contributed by atoms with Gasteiger partial charge in [-0.25, -0.2) is 0 Å². The molecule has 1 saturated carbocycles. The molecule has 4 aliphatic rings. The van der Waals surface area contributed by atoms with Gasteiger partial charge in [-0.05, 0) is 26.3 Å². The summed E-state index contributed by atoms with van der Waals surface area (Å²) in [6.45, 7) is 4.31. The largest absolute Gasteiger partial charge is 0.370 e. The van der Waals surface area contributed by atoms with E-state index in [-0.39, 0.29) is 29.9 Å². The lowest BCUT2D eigenvalue weighted by atomic mass is 9.86. The molecule has 0 aromatic heterocycles. The van der Waals surface area contributed by atoms with Gasteiger partial charge in [0.25, 0.3) is 0 Å². The van der Waals surface area contributed by atoms with E-state index in [9.17, 15) is 14.9 Å². The summed E-state index contributed by atoms with van der Waals surface area (Å²) in [4.78, 5) is 32.0. The fraction of sp³-hybridized carbons (Fsp3) is 0.842. The molecule has 3 saturated heterocycles. The molecular formula is C19H28N4O3.